The van der Waals surface area contributed by atoms with Crippen LogP contribution in [0.4, 0.5) is 0 Å². The molecule has 1 aliphatic heterocycles. The Balaban J connectivity index is 2.51. The number of rotatable bonds is 5. The predicted octanol–water partition coefficient (Wildman–Crippen LogP) is -1.20. The topological polar surface area (TPSA) is 134 Å². The molecule has 0 spiro atoms. The van der Waals surface area contributed by atoms with E-state index in [0.29, 0.717) is 6.42 Å². The predicted molar refractivity (Wildman–Crippen MR) is 80.7 cm³/mol. The van der Waals surface area contributed by atoms with Crippen molar-refractivity contribution in [2.24, 2.45) is 5.73 Å². The van der Waals surface area contributed by atoms with E-state index < -0.39 is 30.6 Å². The minimum Gasteiger partial charge on any atom is -0.394 e. The molecule has 0 saturated carbocycles. The van der Waals surface area contributed by atoms with Crippen molar-refractivity contribution in [3.63, 3.8) is 0 Å². The van der Waals surface area contributed by atoms with Crippen LogP contribution < -0.4 is 11.3 Å². The van der Waals surface area contributed by atoms with Crippen LogP contribution in [-0.4, -0.2) is 55.8 Å². The van der Waals surface area contributed by atoms with Crippen LogP contribution in [0.25, 0.3) is 0 Å². The number of aromatic nitrogens is 2. The van der Waals surface area contributed by atoms with Gasteiger partial charge in [-0.1, -0.05) is 0 Å². The molecule has 8 nitrogen and oxygen atoms in total. The number of nitrogens with two attached hydrogens (primary N) is 1. The molecule has 1 aliphatic rings. The zero-order valence-electron chi connectivity index (χ0n) is 12.2. The summed E-state index contributed by atoms with van der Waals surface area (Å²) >= 11 is 5.14. The molecular weight excluding hydrogens is 310 g/mol. The number of hydrogen-bond donors (Lipinski definition) is 5. The van der Waals surface area contributed by atoms with E-state index >= 15 is 0 Å². The fraction of sp³-hybridized carbons (Fsp3) is 0.692. The molecule has 0 amide bonds. The lowest BCUT2D eigenvalue weighted by atomic mass is 9.95. The highest BCUT2D eigenvalue weighted by Gasteiger charge is 2.55. The minimum atomic E-state index is -1.39. The lowest BCUT2D eigenvalue weighted by Crippen LogP contribution is -2.47. The van der Waals surface area contributed by atoms with Crippen LogP contribution in [-0.2, 0) is 10.5 Å². The molecule has 9 heteroatoms. The van der Waals surface area contributed by atoms with E-state index in [2.05, 4.69) is 4.98 Å². The van der Waals surface area contributed by atoms with Gasteiger partial charge in [0.2, 0.25) is 0 Å². The first-order valence-electron chi connectivity index (χ1n) is 7.04. The Kier molecular flexibility index (Phi) is 5.15. The Bertz CT molecular complexity index is 631. The van der Waals surface area contributed by atoms with Gasteiger partial charge in [0, 0.05) is 18.3 Å². The van der Waals surface area contributed by atoms with Crippen molar-refractivity contribution in [1.82, 2.24) is 9.55 Å². The largest absolute Gasteiger partial charge is 0.394 e. The number of aromatic amines is 1. The summed E-state index contributed by atoms with van der Waals surface area (Å²) in [6, 6.07) is 1.09. The third-order valence-corrected chi connectivity index (χ3v) is 4.19. The van der Waals surface area contributed by atoms with Crippen LogP contribution in [0.5, 0.6) is 0 Å². The van der Waals surface area contributed by atoms with E-state index in [1.54, 1.807) is 6.92 Å². The summed E-state index contributed by atoms with van der Waals surface area (Å²) in [5.74, 6) is 0. The van der Waals surface area contributed by atoms with Gasteiger partial charge in [-0.3, -0.25) is 14.3 Å². The van der Waals surface area contributed by atoms with Gasteiger partial charge in [0.15, 0.2) is 10.5 Å². The monoisotopic (exact) mass is 331 g/mol. The molecule has 1 aromatic rings. The van der Waals surface area contributed by atoms with Crippen LogP contribution in [0.2, 0.25) is 0 Å². The van der Waals surface area contributed by atoms with Crippen molar-refractivity contribution in [1.29, 1.82) is 0 Å². The minimum absolute atomic E-state index is 0.0574. The van der Waals surface area contributed by atoms with Crippen LogP contribution in [0.1, 0.15) is 19.8 Å². The standard InChI is InChI=1S/C13H21N3O5S/c1-7(14)2-4-13(11(20)10(19)8(6-17)21-13)16-5-3-9(18)15-12(16)22/h3,5,7-8,10-11,17,19-20H,2,4,6,14H2,1H3,(H,15,18,22)/t7?,8-,10-,11-,13-/m1/s1. The second-order valence-electron chi connectivity index (χ2n) is 5.62. The molecule has 2 heterocycles. The van der Waals surface area contributed by atoms with Gasteiger partial charge in [0.1, 0.15) is 18.3 Å². The van der Waals surface area contributed by atoms with Crippen LogP contribution in [0, 0.1) is 4.77 Å². The number of ether oxygens (including phenoxy) is 1. The van der Waals surface area contributed by atoms with E-state index in [9.17, 15) is 20.1 Å². The Morgan fingerprint density at radius 3 is 2.77 bits per heavy atom. The lowest BCUT2D eigenvalue weighted by molar-refractivity contribution is -0.155. The molecule has 22 heavy (non-hydrogen) atoms. The zero-order valence-corrected chi connectivity index (χ0v) is 13.0. The van der Waals surface area contributed by atoms with Gasteiger partial charge in [-0.25, -0.2) is 0 Å². The van der Waals surface area contributed by atoms with Gasteiger partial charge >= 0.3 is 0 Å². The van der Waals surface area contributed by atoms with Crippen molar-refractivity contribution < 1.29 is 20.1 Å². The first-order valence-corrected chi connectivity index (χ1v) is 7.45. The van der Waals surface area contributed by atoms with E-state index in [0.717, 1.165) is 0 Å². The maximum absolute atomic E-state index is 11.3. The van der Waals surface area contributed by atoms with Crippen LogP contribution in [0.15, 0.2) is 17.1 Å². The summed E-state index contributed by atoms with van der Waals surface area (Å²) in [4.78, 5) is 13.8. The second kappa shape index (κ2) is 6.57. The van der Waals surface area contributed by atoms with E-state index in [4.69, 9.17) is 22.7 Å². The molecule has 0 radical (unpaired) electrons. The average Bonchev–Trinajstić information content (AvgIpc) is 2.70. The summed E-state index contributed by atoms with van der Waals surface area (Å²) in [7, 11) is 0. The SMILES string of the molecule is CC(N)CC[C@@]1(n2ccc(=O)[nH]c2=S)O[C@H](CO)[C@@H](O)[C@H]1O. The quantitative estimate of drug-likeness (QED) is 0.428. The maximum Gasteiger partial charge on any atom is 0.251 e. The summed E-state index contributed by atoms with van der Waals surface area (Å²) < 4.78 is 7.20. The fourth-order valence-corrected chi connectivity index (χ4v) is 3.01. The summed E-state index contributed by atoms with van der Waals surface area (Å²) in [6.45, 7) is 1.36. The van der Waals surface area contributed by atoms with E-state index in [1.807, 2.05) is 0 Å². The first-order chi connectivity index (χ1) is 10.3. The Labute approximate surface area is 132 Å². The summed E-state index contributed by atoms with van der Waals surface area (Å²) in [6.07, 6.45) is -1.38. The number of aliphatic hydroxyl groups is 3. The molecular formula is C13H21N3O5S. The maximum atomic E-state index is 11.3. The zero-order chi connectivity index (χ0) is 16.5. The van der Waals surface area contributed by atoms with Gasteiger partial charge in [-0.2, -0.15) is 0 Å². The average molecular weight is 331 g/mol. The van der Waals surface area contributed by atoms with Gasteiger partial charge in [0.25, 0.3) is 5.56 Å². The van der Waals surface area contributed by atoms with Crippen molar-refractivity contribution in [3.05, 3.63) is 27.4 Å². The number of aliphatic hydroxyl groups excluding tert-OH is 3. The van der Waals surface area contributed by atoms with Crippen LogP contribution >= 0.6 is 12.2 Å². The number of H-pyrrole nitrogens is 1. The van der Waals surface area contributed by atoms with Gasteiger partial charge in [0.05, 0.1) is 6.61 Å². The smallest absolute Gasteiger partial charge is 0.251 e. The first kappa shape index (κ1) is 17.3. The van der Waals surface area contributed by atoms with Crippen molar-refractivity contribution in [2.45, 2.75) is 49.8 Å². The Morgan fingerprint density at radius 1 is 1.59 bits per heavy atom. The molecule has 5 atom stereocenters. The molecule has 2 rings (SSSR count). The van der Waals surface area contributed by atoms with Crippen molar-refractivity contribution in [3.8, 4) is 0 Å². The molecule has 1 saturated heterocycles. The van der Waals surface area contributed by atoms with Gasteiger partial charge < -0.3 is 25.8 Å². The highest BCUT2D eigenvalue weighted by molar-refractivity contribution is 7.71. The molecule has 1 unspecified atom stereocenters. The Hall–Kier alpha value is -1.10. The van der Waals surface area contributed by atoms with Crippen molar-refractivity contribution >= 4 is 12.2 Å². The molecule has 6 N–H and O–H groups in total. The van der Waals surface area contributed by atoms with Gasteiger partial charge in [-0.05, 0) is 32.0 Å². The Morgan fingerprint density at radius 2 is 2.27 bits per heavy atom. The summed E-state index contributed by atoms with van der Waals surface area (Å²) in [5, 5.41) is 29.9. The third kappa shape index (κ3) is 3.00. The summed E-state index contributed by atoms with van der Waals surface area (Å²) in [5.41, 5.74) is 4.01. The fourth-order valence-electron chi connectivity index (χ4n) is 2.69. The molecule has 1 aromatic heterocycles. The molecule has 1 fully saturated rings. The molecule has 124 valence electrons. The number of nitrogens with one attached hydrogen (secondary N) is 1. The number of hydrogen-bond acceptors (Lipinski definition) is 7. The molecule has 0 aliphatic carbocycles. The van der Waals surface area contributed by atoms with E-state index in [-0.39, 0.29) is 22.8 Å². The third-order valence-electron chi connectivity index (χ3n) is 3.89. The number of nitrogens with zero attached hydrogens (tertiary/aromatic N) is 1. The normalized spacial score (nSPS) is 33.0. The van der Waals surface area contributed by atoms with Crippen molar-refractivity contribution in [2.75, 3.05) is 6.61 Å². The second-order valence-corrected chi connectivity index (χ2v) is 6.00. The molecule has 0 aromatic carbocycles. The van der Waals surface area contributed by atoms with E-state index in [1.165, 1.54) is 16.8 Å². The van der Waals surface area contributed by atoms with Gasteiger partial charge in [-0.15, -0.1) is 0 Å². The van der Waals surface area contributed by atoms with Crippen LogP contribution in [0.3, 0.4) is 0 Å². The highest BCUT2D eigenvalue weighted by atomic mass is 32.1. The lowest BCUT2D eigenvalue weighted by Gasteiger charge is -2.35. The highest BCUT2D eigenvalue weighted by Crippen LogP contribution is 2.39. The molecule has 0 bridgehead atoms.